The zero-order valence-corrected chi connectivity index (χ0v) is 12.5. The van der Waals surface area contributed by atoms with Gasteiger partial charge in [0, 0.05) is 9.13 Å². The molecular formula is C15H15IO2. The number of benzene rings is 2. The van der Waals surface area contributed by atoms with Gasteiger partial charge in [-0.3, -0.25) is 0 Å². The van der Waals surface area contributed by atoms with Crippen LogP contribution in [0, 0.1) is 10.5 Å². The molecule has 0 aliphatic rings. The molecule has 0 aliphatic heterocycles. The molecule has 0 bridgehead atoms. The SMILES string of the molecule is COc1ccc(C)cc1C(O)c1cccc(I)c1. The third-order valence-corrected chi connectivity index (χ3v) is 3.52. The van der Waals surface area contributed by atoms with E-state index >= 15 is 0 Å². The summed E-state index contributed by atoms with van der Waals surface area (Å²) in [5.41, 5.74) is 2.79. The van der Waals surface area contributed by atoms with Gasteiger partial charge in [-0.25, -0.2) is 0 Å². The highest BCUT2D eigenvalue weighted by Crippen LogP contribution is 2.31. The smallest absolute Gasteiger partial charge is 0.125 e. The zero-order valence-electron chi connectivity index (χ0n) is 10.4. The van der Waals surface area contributed by atoms with Crippen molar-refractivity contribution in [3.63, 3.8) is 0 Å². The van der Waals surface area contributed by atoms with Crippen molar-refractivity contribution in [1.29, 1.82) is 0 Å². The minimum absolute atomic E-state index is 0.658. The maximum Gasteiger partial charge on any atom is 0.125 e. The van der Waals surface area contributed by atoms with Gasteiger partial charge in [-0.1, -0.05) is 23.8 Å². The Morgan fingerprint density at radius 2 is 1.94 bits per heavy atom. The Balaban J connectivity index is 2.44. The van der Waals surface area contributed by atoms with Crippen LogP contribution in [-0.4, -0.2) is 12.2 Å². The molecule has 0 amide bonds. The van der Waals surface area contributed by atoms with E-state index in [-0.39, 0.29) is 0 Å². The maximum absolute atomic E-state index is 10.5. The number of aliphatic hydroxyl groups is 1. The van der Waals surface area contributed by atoms with E-state index in [0.717, 1.165) is 20.3 Å². The van der Waals surface area contributed by atoms with E-state index in [1.54, 1.807) is 7.11 Å². The van der Waals surface area contributed by atoms with Gasteiger partial charge < -0.3 is 9.84 Å². The van der Waals surface area contributed by atoms with Gasteiger partial charge in [-0.15, -0.1) is 0 Å². The number of rotatable bonds is 3. The van der Waals surface area contributed by atoms with E-state index in [9.17, 15) is 5.11 Å². The van der Waals surface area contributed by atoms with Crippen LogP contribution < -0.4 is 4.74 Å². The lowest BCUT2D eigenvalue weighted by Crippen LogP contribution is -2.03. The van der Waals surface area contributed by atoms with Gasteiger partial charge in [-0.2, -0.15) is 0 Å². The highest BCUT2D eigenvalue weighted by molar-refractivity contribution is 14.1. The van der Waals surface area contributed by atoms with Gasteiger partial charge in [0.1, 0.15) is 11.9 Å². The van der Waals surface area contributed by atoms with Crippen molar-refractivity contribution in [2.75, 3.05) is 7.11 Å². The molecule has 0 aromatic heterocycles. The van der Waals surface area contributed by atoms with E-state index in [1.165, 1.54) is 0 Å². The van der Waals surface area contributed by atoms with Crippen LogP contribution in [0.25, 0.3) is 0 Å². The van der Waals surface area contributed by atoms with Crippen molar-refractivity contribution in [2.24, 2.45) is 0 Å². The Morgan fingerprint density at radius 3 is 2.61 bits per heavy atom. The summed E-state index contributed by atoms with van der Waals surface area (Å²) < 4.78 is 6.42. The molecule has 0 spiro atoms. The molecule has 0 radical (unpaired) electrons. The molecule has 0 heterocycles. The van der Waals surface area contributed by atoms with E-state index in [0.29, 0.717) is 5.75 Å². The quantitative estimate of drug-likeness (QED) is 0.852. The van der Waals surface area contributed by atoms with Gasteiger partial charge >= 0.3 is 0 Å². The normalized spacial score (nSPS) is 12.2. The van der Waals surface area contributed by atoms with Gasteiger partial charge in [0.05, 0.1) is 7.11 Å². The molecule has 1 N–H and O–H groups in total. The second-order valence-electron chi connectivity index (χ2n) is 4.20. The highest BCUT2D eigenvalue weighted by atomic mass is 127. The molecular weight excluding hydrogens is 339 g/mol. The van der Waals surface area contributed by atoms with Crippen LogP contribution in [0.3, 0.4) is 0 Å². The second-order valence-corrected chi connectivity index (χ2v) is 5.45. The first-order valence-electron chi connectivity index (χ1n) is 5.70. The lowest BCUT2D eigenvalue weighted by molar-refractivity contribution is 0.214. The van der Waals surface area contributed by atoms with Crippen LogP contribution in [0.4, 0.5) is 0 Å². The van der Waals surface area contributed by atoms with Crippen LogP contribution in [0.15, 0.2) is 42.5 Å². The van der Waals surface area contributed by atoms with Crippen LogP contribution >= 0.6 is 22.6 Å². The first-order valence-corrected chi connectivity index (χ1v) is 6.78. The second kappa shape index (κ2) is 5.71. The van der Waals surface area contributed by atoms with E-state index in [2.05, 4.69) is 22.6 Å². The predicted molar refractivity (Wildman–Crippen MR) is 81.0 cm³/mol. The Morgan fingerprint density at radius 1 is 1.17 bits per heavy atom. The Bertz CT molecular complexity index is 552. The molecule has 0 saturated heterocycles. The van der Waals surface area contributed by atoms with Crippen molar-refractivity contribution in [3.05, 3.63) is 62.7 Å². The minimum Gasteiger partial charge on any atom is -0.496 e. The minimum atomic E-state index is -0.658. The van der Waals surface area contributed by atoms with Gasteiger partial charge in [0.25, 0.3) is 0 Å². The summed E-state index contributed by atoms with van der Waals surface area (Å²) >= 11 is 2.24. The Kier molecular flexibility index (Phi) is 4.24. The molecule has 0 saturated carbocycles. The molecule has 1 atom stereocenters. The number of ether oxygens (including phenoxy) is 1. The van der Waals surface area contributed by atoms with Crippen molar-refractivity contribution >= 4 is 22.6 Å². The highest BCUT2D eigenvalue weighted by Gasteiger charge is 2.15. The molecule has 0 aliphatic carbocycles. The number of hydrogen-bond acceptors (Lipinski definition) is 2. The molecule has 2 aromatic rings. The first kappa shape index (κ1) is 13.4. The molecule has 3 heteroatoms. The van der Waals surface area contributed by atoms with Crippen LogP contribution in [0.2, 0.25) is 0 Å². The average Bonchev–Trinajstić information content (AvgIpc) is 2.38. The topological polar surface area (TPSA) is 29.5 Å². The number of aliphatic hydroxyl groups excluding tert-OH is 1. The number of methoxy groups -OCH3 is 1. The average molecular weight is 354 g/mol. The largest absolute Gasteiger partial charge is 0.496 e. The van der Waals surface area contributed by atoms with Crippen molar-refractivity contribution in [2.45, 2.75) is 13.0 Å². The van der Waals surface area contributed by atoms with E-state index in [4.69, 9.17) is 4.74 Å². The maximum atomic E-state index is 10.5. The van der Waals surface area contributed by atoms with Crippen LogP contribution in [-0.2, 0) is 0 Å². The van der Waals surface area contributed by atoms with Crippen LogP contribution in [0.5, 0.6) is 5.75 Å². The third-order valence-electron chi connectivity index (χ3n) is 2.84. The molecule has 2 rings (SSSR count). The number of aryl methyl sites for hydroxylation is 1. The van der Waals surface area contributed by atoms with Crippen LogP contribution in [0.1, 0.15) is 22.8 Å². The summed E-state index contributed by atoms with van der Waals surface area (Å²) in [6.07, 6.45) is -0.658. The molecule has 18 heavy (non-hydrogen) atoms. The predicted octanol–water partition coefficient (Wildman–Crippen LogP) is 3.69. The third kappa shape index (κ3) is 2.84. The Hall–Kier alpha value is -1.07. The number of halogens is 1. The number of hydrogen-bond donors (Lipinski definition) is 1. The molecule has 0 fully saturated rings. The summed E-state index contributed by atoms with van der Waals surface area (Å²) in [6.45, 7) is 2.00. The summed E-state index contributed by atoms with van der Waals surface area (Å²) in [4.78, 5) is 0. The van der Waals surface area contributed by atoms with E-state index < -0.39 is 6.10 Å². The fourth-order valence-electron chi connectivity index (χ4n) is 1.92. The first-order chi connectivity index (χ1) is 8.61. The molecule has 2 aromatic carbocycles. The summed E-state index contributed by atoms with van der Waals surface area (Å²) in [6, 6.07) is 13.7. The molecule has 2 nitrogen and oxygen atoms in total. The molecule has 1 unspecified atom stereocenters. The summed E-state index contributed by atoms with van der Waals surface area (Å²) in [5.74, 6) is 0.715. The van der Waals surface area contributed by atoms with Crippen molar-refractivity contribution in [1.82, 2.24) is 0 Å². The van der Waals surface area contributed by atoms with Gasteiger partial charge in [0.2, 0.25) is 0 Å². The zero-order chi connectivity index (χ0) is 13.1. The van der Waals surface area contributed by atoms with Gasteiger partial charge in [-0.05, 0) is 59.3 Å². The van der Waals surface area contributed by atoms with Crippen molar-refractivity contribution in [3.8, 4) is 5.75 Å². The summed E-state index contributed by atoms with van der Waals surface area (Å²) in [7, 11) is 1.62. The lowest BCUT2D eigenvalue weighted by Gasteiger charge is -2.16. The standard InChI is InChI=1S/C15H15IO2/c1-10-6-7-14(18-2)13(8-10)15(17)11-4-3-5-12(16)9-11/h3-9,15,17H,1-2H3. The summed E-state index contributed by atoms with van der Waals surface area (Å²) in [5, 5.41) is 10.5. The fourth-order valence-corrected chi connectivity index (χ4v) is 2.49. The lowest BCUT2D eigenvalue weighted by atomic mass is 9.99. The molecule has 94 valence electrons. The fraction of sp³-hybridized carbons (Fsp3) is 0.200. The van der Waals surface area contributed by atoms with E-state index in [1.807, 2.05) is 49.4 Å². The van der Waals surface area contributed by atoms with Gasteiger partial charge in [0.15, 0.2) is 0 Å². The Labute approximate surface area is 121 Å². The monoisotopic (exact) mass is 354 g/mol. The van der Waals surface area contributed by atoms with Crippen molar-refractivity contribution < 1.29 is 9.84 Å².